The van der Waals surface area contributed by atoms with Crippen LogP contribution in [0.2, 0.25) is 5.02 Å². The molecule has 1 atom stereocenters. The number of hydrogen-bond donors (Lipinski definition) is 0. The van der Waals surface area contributed by atoms with E-state index in [9.17, 15) is 0 Å². The minimum Gasteiger partial charge on any atom is -0.469 e. The molecular weight excluding hydrogens is 361 g/mol. The van der Waals surface area contributed by atoms with Gasteiger partial charge < -0.3 is 14.0 Å². The Kier molecular flexibility index (Phi) is 5.32. The topological polar surface area (TPSA) is 40.6 Å². The second-order valence-electron chi connectivity index (χ2n) is 8.25. The van der Waals surface area contributed by atoms with Gasteiger partial charge in [-0.2, -0.15) is 0 Å². The zero-order chi connectivity index (χ0) is 20.0. The third-order valence-corrected chi connectivity index (χ3v) is 5.91. The molecule has 0 N–H and O–H groups in total. The van der Waals surface area contributed by atoms with Gasteiger partial charge in [-0.1, -0.05) is 29.8 Å². The van der Waals surface area contributed by atoms with Crippen LogP contribution in [0.25, 0.3) is 0 Å². The van der Waals surface area contributed by atoms with Crippen molar-refractivity contribution in [3.63, 3.8) is 0 Å². The van der Waals surface area contributed by atoms with Crippen molar-refractivity contribution in [3.05, 3.63) is 52.2 Å². The first-order chi connectivity index (χ1) is 12.5. The van der Waals surface area contributed by atoms with E-state index >= 15 is 0 Å². The van der Waals surface area contributed by atoms with E-state index in [1.165, 1.54) is 11.1 Å². The zero-order valence-electron chi connectivity index (χ0n) is 17.1. The lowest BCUT2D eigenvalue weighted by Crippen LogP contribution is -2.41. The maximum atomic E-state index is 6.44. The SMILES string of the molecule is Cc1ccc(C(C)Oc2ncc(B3OC(C)(C)C(C)(C)O3)cc2Cl)cc1C. The van der Waals surface area contributed by atoms with Gasteiger partial charge in [-0.3, -0.25) is 0 Å². The van der Waals surface area contributed by atoms with E-state index < -0.39 is 18.3 Å². The molecule has 1 unspecified atom stereocenters. The molecule has 1 saturated heterocycles. The lowest BCUT2D eigenvalue weighted by molar-refractivity contribution is 0.00578. The second kappa shape index (κ2) is 7.12. The smallest absolute Gasteiger partial charge is 0.469 e. The summed E-state index contributed by atoms with van der Waals surface area (Å²) >= 11 is 6.44. The Morgan fingerprint density at radius 3 is 2.22 bits per heavy atom. The van der Waals surface area contributed by atoms with Gasteiger partial charge in [0.1, 0.15) is 11.1 Å². The summed E-state index contributed by atoms with van der Waals surface area (Å²) < 4.78 is 18.1. The second-order valence-corrected chi connectivity index (χ2v) is 8.65. The first-order valence-electron chi connectivity index (χ1n) is 9.25. The number of nitrogens with zero attached hydrogens (tertiary/aromatic N) is 1. The first-order valence-corrected chi connectivity index (χ1v) is 9.63. The lowest BCUT2D eigenvalue weighted by atomic mass is 9.80. The van der Waals surface area contributed by atoms with Gasteiger partial charge in [0.05, 0.1) is 11.2 Å². The van der Waals surface area contributed by atoms with Crippen LogP contribution in [-0.4, -0.2) is 23.3 Å². The summed E-state index contributed by atoms with van der Waals surface area (Å²) in [6.07, 6.45) is 1.55. The molecular formula is C21H27BClNO3. The highest BCUT2D eigenvalue weighted by molar-refractivity contribution is 6.62. The van der Waals surface area contributed by atoms with Crippen LogP contribution in [0.1, 0.15) is 57.4 Å². The summed E-state index contributed by atoms with van der Waals surface area (Å²) in [5.74, 6) is 0.405. The standard InChI is InChI=1S/C21H27BClNO3/c1-13-8-9-16(10-14(13)2)15(3)25-19-18(23)11-17(12-24-19)22-26-20(4,5)21(6,7)27-22/h8-12,15H,1-7H3. The Balaban J connectivity index is 1.76. The fourth-order valence-corrected chi connectivity index (χ4v) is 3.11. The predicted octanol–water partition coefficient (Wildman–Crippen LogP) is 4.79. The minimum absolute atomic E-state index is 0.156. The van der Waals surface area contributed by atoms with E-state index in [1.807, 2.05) is 34.6 Å². The van der Waals surface area contributed by atoms with Crippen molar-refractivity contribution >= 4 is 24.2 Å². The highest BCUT2D eigenvalue weighted by Gasteiger charge is 2.51. The summed E-state index contributed by atoms with van der Waals surface area (Å²) in [6, 6.07) is 8.10. The van der Waals surface area contributed by atoms with Crippen molar-refractivity contribution in [3.8, 4) is 5.88 Å². The predicted molar refractivity (Wildman–Crippen MR) is 110 cm³/mol. The Bertz CT molecular complexity index is 837. The molecule has 3 rings (SSSR count). The quantitative estimate of drug-likeness (QED) is 0.707. The molecule has 1 aliphatic heterocycles. The van der Waals surface area contributed by atoms with Gasteiger partial charge in [-0.15, -0.1) is 0 Å². The van der Waals surface area contributed by atoms with Gasteiger partial charge in [0.15, 0.2) is 0 Å². The van der Waals surface area contributed by atoms with Crippen LogP contribution in [0, 0.1) is 13.8 Å². The van der Waals surface area contributed by atoms with Crippen LogP contribution in [0.3, 0.4) is 0 Å². The van der Waals surface area contributed by atoms with Gasteiger partial charge in [0.2, 0.25) is 5.88 Å². The average molecular weight is 388 g/mol. The van der Waals surface area contributed by atoms with E-state index in [1.54, 1.807) is 12.3 Å². The normalized spacial score (nSPS) is 19.2. The average Bonchev–Trinajstić information content (AvgIpc) is 2.79. The highest BCUT2D eigenvalue weighted by atomic mass is 35.5. The molecule has 0 radical (unpaired) electrons. The summed E-state index contributed by atoms with van der Waals surface area (Å²) in [4.78, 5) is 4.41. The molecule has 2 heterocycles. The molecule has 0 bridgehead atoms. The summed E-state index contributed by atoms with van der Waals surface area (Å²) in [6.45, 7) is 14.3. The van der Waals surface area contributed by atoms with Gasteiger partial charge in [-0.25, -0.2) is 4.98 Å². The summed E-state index contributed by atoms with van der Waals surface area (Å²) in [5.41, 5.74) is 3.55. The van der Waals surface area contributed by atoms with Crippen molar-refractivity contribution in [1.29, 1.82) is 0 Å². The van der Waals surface area contributed by atoms with Crippen molar-refractivity contribution in [2.45, 2.75) is 65.8 Å². The zero-order valence-corrected chi connectivity index (χ0v) is 17.8. The molecule has 0 saturated carbocycles. The van der Waals surface area contributed by atoms with Crippen molar-refractivity contribution < 1.29 is 14.0 Å². The number of aryl methyl sites for hydroxylation is 2. The van der Waals surface area contributed by atoms with Crippen LogP contribution >= 0.6 is 11.6 Å². The molecule has 6 heteroatoms. The Morgan fingerprint density at radius 2 is 1.67 bits per heavy atom. The lowest BCUT2D eigenvalue weighted by Gasteiger charge is -2.32. The first kappa shape index (κ1) is 20.2. The van der Waals surface area contributed by atoms with E-state index in [-0.39, 0.29) is 6.10 Å². The number of rotatable bonds is 4. The molecule has 1 aromatic carbocycles. The third kappa shape index (κ3) is 4.01. The van der Waals surface area contributed by atoms with Gasteiger partial charge in [-0.05, 0) is 71.2 Å². The van der Waals surface area contributed by atoms with Crippen LogP contribution in [0.4, 0.5) is 0 Å². The molecule has 1 aliphatic rings. The number of ether oxygens (including phenoxy) is 1. The highest BCUT2D eigenvalue weighted by Crippen LogP contribution is 2.37. The molecule has 27 heavy (non-hydrogen) atoms. The number of hydrogen-bond acceptors (Lipinski definition) is 4. The van der Waals surface area contributed by atoms with Crippen molar-refractivity contribution in [2.75, 3.05) is 0 Å². The minimum atomic E-state index is -0.494. The van der Waals surface area contributed by atoms with Crippen molar-refractivity contribution in [2.24, 2.45) is 0 Å². The largest absolute Gasteiger partial charge is 0.496 e. The molecule has 4 nitrogen and oxygen atoms in total. The van der Waals surface area contributed by atoms with Crippen LogP contribution < -0.4 is 10.2 Å². The number of pyridine rings is 1. The van der Waals surface area contributed by atoms with Crippen LogP contribution in [0.5, 0.6) is 5.88 Å². The molecule has 1 aromatic heterocycles. The van der Waals surface area contributed by atoms with E-state index in [4.69, 9.17) is 25.6 Å². The molecule has 0 spiro atoms. The van der Waals surface area contributed by atoms with Gasteiger partial charge in [0.25, 0.3) is 0 Å². The van der Waals surface area contributed by atoms with E-state index in [0.717, 1.165) is 11.0 Å². The Hall–Kier alpha value is -1.56. The number of aromatic nitrogens is 1. The maximum Gasteiger partial charge on any atom is 0.496 e. The van der Waals surface area contributed by atoms with E-state index in [0.29, 0.717) is 10.9 Å². The molecule has 1 fully saturated rings. The number of benzene rings is 1. The molecule has 0 amide bonds. The Morgan fingerprint density at radius 1 is 1.04 bits per heavy atom. The fourth-order valence-electron chi connectivity index (χ4n) is 2.89. The monoisotopic (exact) mass is 387 g/mol. The Labute approximate surface area is 167 Å². The molecule has 144 valence electrons. The third-order valence-electron chi connectivity index (χ3n) is 5.64. The van der Waals surface area contributed by atoms with Gasteiger partial charge >= 0.3 is 7.12 Å². The summed E-state index contributed by atoms with van der Waals surface area (Å²) in [5, 5.41) is 0.442. The van der Waals surface area contributed by atoms with Crippen LogP contribution in [-0.2, 0) is 9.31 Å². The van der Waals surface area contributed by atoms with Gasteiger partial charge in [0, 0.05) is 11.7 Å². The molecule has 0 aliphatic carbocycles. The summed E-state index contributed by atoms with van der Waals surface area (Å²) in [7, 11) is -0.494. The molecule has 2 aromatic rings. The van der Waals surface area contributed by atoms with E-state index in [2.05, 4.69) is 37.0 Å². The maximum absolute atomic E-state index is 6.44. The number of halogens is 1. The van der Waals surface area contributed by atoms with Crippen LogP contribution in [0.15, 0.2) is 30.5 Å². The fraction of sp³-hybridized carbons (Fsp3) is 0.476. The van der Waals surface area contributed by atoms with Crippen molar-refractivity contribution in [1.82, 2.24) is 4.98 Å².